The van der Waals surface area contributed by atoms with Crippen molar-refractivity contribution < 1.29 is 9.18 Å². The molecule has 0 atom stereocenters. The average Bonchev–Trinajstić information content (AvgIpc) is 3.07. The summed E-state index contributed by atoms with van der Waals surface area (Å²) in [5.74, 6) is -0.759. The normalized spacial score (nSPS) is 13.5. The summed E-state index contributed by atoms with van der Waals surface area (Å²) in [6.45, 7) is 2.39. The Kier molecular flexibility index (Phi) is 5.50. The number of thiophene rings is 1. The number of carbonyl (C=O) groups is 1. The SMILES string of the molecule is CCn1c(SCC(=O)Nc2ccccc2F)nc2sc3c(c2c1=O)CCCC3. The fourth-order valence-electron chi connectivity index (χ4n) is 3.49. The number of hydrogen-bond donors (Lipinski definition) is 1. The standard InChI is InChI=1S/C20H20FN3O2S2/c1-2-24-19(26)17-12-7-3-6-10-15(12)28-18(17)23-20(24)27-11-16(25)22-14-9-5-4-8-13(14)21/h4-5,8-9H,2-3,6-7,10-11H2,1H3,(H,22,25). The first-order valence-electron chi connectivity index (χ1n) is 9.30. The number of thioether (sulfide) groups is 1. The minimum Gasteiger partial charge on any atom is -0.323 e. The predicted octanol–water partition coefficient (Wildman–Crippen LogP) is 4.23. The largest absolute Gasteiger partial charge is 0.323 e. The fourth-order valence-corrected chi connectivity index (χ4v) is 5.65. The molecule has 0 radical (unpaired) electrons. The van der Waals surface area contributed by atoms with Crippen LogP contribution in [0.1, 0.15) is 30.2 Å². The number of fused-ring (bicyclic) bond motifs is 3. The average molecular weight is 418 g/mol. The molecule has 5 nitrogen and oxygen atoms in total. The summed E-state index contributed by atoms with van der Waals surface area (Å²) in [5.41, 5.74) is 1.29. The van der Waals surface area contributed by atoms with E-state index in [0.29, 0.717) is 11.7 Å². The number of aryl methyl sites for hydroxylation is 2. The lowest BCUT2D eigenvalue weighted by molar-refractivity contribution is -0.113. The Morgan fingerprint density at radius 1 is 1.32 bits per heavy atom. The van der Waals surface area contributed by atoms with Crippen LogP contribution in [-0.2, 0) is 24.2 Å². The number of benzene rings is 1. The van der Waals surface area contributed by atoms with Crippen LogP contribution >= 0.6 is 23.1 Å². The summed E-state index contributed by atoms with van der Waals surface area (Å²) in [6, 6.07) is 6.04. The van der Waals surface area contributed by atoms with Gasteiger partial charge >= 0.3 is 0 Å². The monoisotopic (exact) mass is 417 g/mol. The second-order valence-electron chi connectivity index (χ2n) is 6.65. The van der Waals surface area contributed by atoms with Gasteiger partial charge in [0.2, 0.25) is 5.91 Å². The molecule has 0 bridgehead atoms. The molecule has 1 aliphatic carbocycles. The molecule has 146 valence electrons. The molecule has 1 aliphatic rings. The summed E-state index contributed by atoms with van der Waals surface area (Å²) < 4.78 is 15.3. The van der Waals surface area contributed by atoms with E-state index in [1.807, 2.05) is 6.92 Å². The molecule has 0 aliphatic heterocycles. The van der Waals surface area contributed by atoms with Crippen molar-refractivity contribution in [2.75, 3.05) is 11.1 Å². The van der Waals surface area contributed by atoms with E-state index in [0.717, 1.165) is 35.9 Å². The molecule has 1 amide bonds. The first kappa shape index (κ1) is 19.1. The zero-order chi connectivity index (χ0) is 19.7. The van der Waals surface area contributed by atoms with Crippen molar-refractivity contribution in [3.8, 4) is 0 Å². The van der Waals surface area contributed by atoms with Gasteiger partial charge in [0, 0.05) is 11.4 Å². The zero-order valence-corrected chi connectivity index (χ0v) is 17.1. The molecule has 0 fully saturated rings. The van der Waals surface area contributed by atoms with Crippen LogP contribution < -0.4 is 10.9 Å². The van der Waals surface area contributed by atoms with Gasteiger partial charge in [-0.05, 0) is 50.3 Å². The lowest BCUT2D eigenvalue weighted by Gasteiger charge is -2.12. The Bertz CT molecular complexity index is 1110. The number of aromatic nitrogens is 2. The van der Waals surface area contributed by atoms with Gasteiger partial charge in [-0.15, -0.1) is 11.3 Å². The van der Waals surface area contributed by atoms with Gasteiger partial charge < -0.3 is 5.32 Å². The van der Waals surface area contributed by atoms with Crippen molar-refractivity contribution in [2.24, 2.45) is 0 Å². The van der Waals surface area contributed by atoms with E-state index < -0.39 is 5.82 Å². The van der Waals surface area contributed by atoms with Gasteiger partial charge in [-0.3, -0.25) is 14.2 Å². The molecule has 28 heavy (non-hydrogen) atoms. The number of carbonyl (C=O) groups excluding carboxylic acids is 1. The summed E-state index contributed by atoms with van der Waals surface area (Å²) in [4.78, 5) is 32.0. The molecule has 0 unspecified atom stereocenters. The van der Waals surface area contributed by atoms with E-state index in [1.54, 1.807) is 28.0 Å². The number of rotatable bonds is 5. The third-order valence-electron chi connectivity index (χ3n) is 4.84. The van der Waals surface area contributed by atoms with E-state index in [9.17, 15) is 14.0 Å². The van der Waals surface area contributed by atoms with Crippen molar-refractivity contribution in [1.29, 1.82) is 0 Å². The van der Waals surface area contributed by atoms with E-state index in [1.165, 1.54) is 34.3 Å². The van der Waals surface area contributed by atoms with Crippen molar-refractivity contribution >= 4 is 44.9 Å². The van der Waals surface area contributed by atoms with Crippen LogP contribution in [-0.4, -0.2) is 21.2 Å². The topological polar surface area (TPSA) is 64.0 Å². The molecular weight excluding hydrogens is 397 g/mol. The highest BCUT2D eigenvalue weighted by molar-refractivity contribution is 7.99. The summed E-state index contributed by atoms with van der Waals surface area (Å²) in [6.07, 6.45) is 4.21. The third-order valence-corrected chi connectivity index (χ3v) is 7.00. The Morgan fingerprint density at radius 3 is 2.89 bits per heavy atom. The van der Waals surface area contributed by atoms with Crippen molar-refractivity contribution in [1.82, 2.24) is 9.55 Å². The number of nitrogens with one attached hydrogen (secondary N) is 1. The molecule has 1 N–H and O–H groups in total. The molecule has 0 saturated carbocycles. The van der Waals surface area contributed by atoms with Gasteiger partial charge in [0.1, 0.15) is 10.6 Å². The van der Waals surface area contributed by atoms with Crippen molar-refractivity contribution in [3.05, 3.63) is 50.9 Å². The lowest BCUT2D eigenvalue weighted by atomic mass is 9.97. The van der Waals surface area contributed by atoms with Crippen LogP contribution in [0.3, 0.4) is 0 Å². The Morgan fingerprint density at radius 2 is 2.11 bits per heavy atom. The van der Waals surface area contributed by atoms with E-state index in [-0.39, 0.29) is 22.9 Å². The highest BCUT2D eigenvalue weighted by atomic mass is 32.2. The van der Waals surface area contributed by atoms with Crippen LogP contribution in [0, 0.1) is 5.82 Å². The second kappa shape index (κ2) is 8.05. The predicted molar refractivity (Wildman–Crippen MR) is 112 cm³/mol. The number of halogens is 1. The molecule has 0 spiro atoms. The number of nitrogens with zero attached hydrogens (tertiary/aromatic N) is 2. The van der Waals surface area contributed by atoms with Crippen LogP contribution in [0.5, 0.6) is 0 Å². The van der Waals surface area contributed by atoms with Crippen LogP contribution in [0.15, 0.2) is 34.2 Å². The molecule has 4 rings (SSSR count). The Labute approximate surface area is 170 Å². The molecule has 1 aromatic carbocycles. The molecule has 2 heterocycles. The van der Waals surface area contributed by atoms with Crippen LogP contribution in [0.2, 0.25) is 0 Å². The van der Waals surface area contributed by atoms with E-state index in [2.05, 4.69) is 5.32 Å². The van der Waals surface area contributed by atoms with Gasteiger partial charge in [-0.25, -0.2) is 9.37 Å². The van der Waals surface area contributed by atoms with Crippen LogP contribution in [0.4, 0.5) is 10.1 Å². The van der Waals surface area contributed by atoms with E-state index >= 15 is 0 Å². The summed E-state index contributed by atoms with van der Waals surface area (Å²) in [5, 5.41) is 3.84. The summed E-state index contributed by atoms with van der Waals surface area (Å²) in [7, 11) is 0. The first-order valence-corrected chi connectivity index (χ1v) is 11.1. The molecule has 3 aromatic rings. The molecule has 0 saturated heterocycles. The maximum atomic E-state index is 13.7. The third kappa shape index (κ3) is 3.58. The van der Waals surface area contributed by atoms with E-state index in [4.69, 9.17) is 4.98 Å². The Balaban J connectivity index is 1.59. The first-order chi connectivity index (χ1) is 13.6. The summed E-state index contributed by atoms with van der Waals surface area (Å²) >= 11 is 2.80. The van der Waals surface area contributed by atoms with Gasteiger partial charge in [0.15, 0.2) is 5.16 Å². The highest BCUT2D eigenvalue weighted by Crippen LogP contribution is 2.34. The molecule has 2 aromatic heterocycles. The number of amides is 1. The zero-order valence-electron chi connectivity index (χ0n) is 15.5. The lowest BCUT2D eigenvalue weighted by Crippen LogP contribution is -2.24. The van der Waals surface area contributed by atoms with Crippen LogP contribution in [0.25, 0.3) is 10.2 Å². The van der Waals surface area contributed by atoms with Gasteiger partial charge in [0.05, 0.1) is 16.8 Å². The highest BCUT2D eigenvalue weighted by Gasteiger charge is 2.22. The smallest absolute Gasteiger partial charge is 0.263 e. The number of para-hydroxylation sites is 1. The number of hydrogen-bond acceptors (Lipinski definition) is 5. The second-order valence-corrected chi connectivity index (χ2v) is 8.68. The number of anilines is 1. The fraction of sp³-hybridized carbons (Fsp3) is 0.350. The minimum atomic E-state index is -0.477. The van der Waals surface area contributed by atoms with Gasteiger partial charge in [0.25, 0.3) is 5.56 Å². The molecule has 8 heteroatoms. The maximum absolute atomic E-state index is 13.7. The minimum absolute atomic E-state index is 0.0242. The van der Waals surface area contributed by atoms with Crippen molar-refractivity contribution in [2.45, 2.75) is 44.3 Å². The molecular formula is C20H20FN3O2S2. The van der Waals surface area contributed by atoms with Crippen molar-refractivity contribution in [3.63, 3.8) is 0 Å². The van der Waals surface area contributed by atoms with Gasteiger partial charge in [-0.2, -0.15) is 0 Å². The maximum Gasteiger partial charge on any atom is 0.263 e. The Hall–Kier alpha value is -2.19. The quantitative estimate of drug-likeness (QED) is 0.499. The van der Waals surface area contributed by atoms with Gasteiger partial charge in [-0.1, -0.05) is 23.9 Å².